The molecule has 1 amide bonds. The number of hydrogen-bond donors (Lipinski definition) is 1. The van der Waals surface area contributed by atoms with E-state index in [0.717, 1.165) is 38.8 Å². The summed E-state index contributed by atoms with van der Waals surface area (Å²) in [4.78, 5) is 25.7. The van der Waals surface area contributed by atoms with Gasteiger partial charge < -0.3 is 10.0 Å². The van der Waals surface area contributed by atoms with Gasteiger partial charge in [0.05, 0.1) is 0 Å². The molecule has 1 aliphatic heterocycles. The summed E-state index contributed by atoms with van der Waals surface area (Å²) in [5.41, 5.74) is -0.115. The van der Waals surface area contributed by atoms with Gasteiger partial charge in [0.15, 0.2) is 0 Å². The summed E-state index contributed by atoms with van der Waals surface area (Å²) in [7, 11) is 0. The van der Waals surface area contributed by atoms with Gasteiger partial charge in [-0.15, -0.1) is 0 Å². The van der Waals surface area contributed by atoms with E-state index in [1.54, 1.807) is 0 Å². The van der Waals surface area contributed by atoms with Gasteiger partial charge in [-0.05, 0) is 43.9 Å². The van der Waals surface area contributed by atoms with Crippen LogP contribution in [0, 0.1) is 17.3 Å². The predicted molar refractivity (Wildman–Crippen MR) is 81.9 cm³/mol. The van der Waals surface area contributed by atoms with Crippen molar-refractivity contribution in [2.45, 2.75) is 65.2 Å². The molecule has 0 radical (unpaired) electrons. The fourth-order valence-electron chi connectivity index (χ4n) is 4.25. The van der Waals surface area contributed by atoms with Gasteiger partial charge >= 0.3 is 5.97 Å². The number of carboxylic acids is 1. The van der Waals surface area contributed by atoms with E-state index < -0.39 is 5.97 Å². The lowest BCUT2D eigenvalue weighted by molar-refractivity contribution is -0.142. The predicted octanol–water partition coefficient (Wildman–Crippen LogP) is 3.31. The highest BCUT2D eigenvalue weighted by atomic mass is 16.4. The number of carbonyl (C=O) groups excluding carboxylic acids is 1. The number of amides is 1. The lowest BCUT2D eigenvalue weighted by Crippen LogP contribution is -2.42. The van der Waals surface area contributed by atoms with E-state index in [2.05, 4.69) is 13.8 Å². The van der Waals surface area contributed by atoms with Crippen LogP contribution in [0.3, 0.4) is 0 Å². The molecule has 0 spiro atoms. The van der Waals surface area contributed by atoms with Gasteiger partial charge in [0.2, 0.25) is 5.91 Å². The molecule has 1 unspecified atom stereocenters. The first-order chi connectivity index (χ1) is 9.93. The Balaban J connectivity index is 1.94. The molecule has 4 heteroatoms. The highest BCUT2D eigenvalue weighted by Gasteiger charge is 2.44. The van der Waals surface area contributed by atoms with Crippen LogP contribution in [0.5, 0.6) is 0 Å². The minimum atomic E-state index is -0.730. The number of hydrogen-bond acceptors (Lipinski definition) is 2. The van der Waals surface area contributed by atoms with Crippen LogP contribution in [0.4, 0.5) is 0 Å². The summed E-state index contributed by atoms with van der Waals surface area (Å²) in [6, 6.07) is 0. The normalized spacial score (nSPS) is 24.7. The maximum Gasteiger partial charge on any atom is 0.303 e. The van der Waals surface area contributed by atoms with Gasteiger partial charge in [0.25, 0.3) is 0 Å². The summed E-state index contributed by atoms with van der Waals surface area (Å²) < 4.78 is 0. The van der Waals surface area contributed by atoms with Crippen molar-refractivity contribution in [1.82, 2.24) is 4.90 Å². The van der Waals surface area contributed by atoms with E-state index in [1.807, 2.05) is 4.90 Å². The van der Waals surface area contributed by atoms with Crippen LogP contribution >= 0.6 is 0 Å². The largest absolute Gasteiger partial charge is 0.481 e. The monoisotopic (exact) mass is 295 g/mol. The number of rotatable bonds is 6. The fraction of sp³-hybridized carbons (Fsp3) is 0.882. The van der Waals surface area contributed by atoms with Crippen molar-refractivity contribution in [3.63, 3.8) is 0 Å². The van der Waals surface area contributed by atoms with Crippen LogP contribution in [0.25, 0.3) is 0 Å². The van der Waals surface area contributed by atoms with E-state index in [1.165, 1.54) is 12.8 Å². The molecule has 1 saturated heterocycles. The van der Waals surface area contributed by atoms with Gasteiger partial charge in [-0.1, -0.05) is 26.7 Å². The smallest absolute Gasteiger partial charge is 0.303 e. The minimum Gasteiger partial charge on any atom is -0.481 e. The Morgan fingerprint density at radius 2 is 1.95 bits per heavy atom. The van der Waals surface area contributed by atoms with Crippen LogP contribution in [-0.2, 0) is 9.59 Å². The molecule has 1 saturated carbocycles. The second-order valence-electron chi connectivity index (χ2n) is 7.42. The van der Waals surface area contributed by atoms with Crippen molar-refractivity contribution in [2.75, 3.05) is 13.1 Å². The van der Waals surface area contributed by atoms with Crippen LogP contribution in [-0.4, -0.2) is 35.0 Å². The Bertz CT molecular complexity index is 385. The molecule has 2 rings (SSSR count). The van der Waals surface area contributed by atoms with Gasteiger partial charge in [-0.2, -0.15) is 0 Å². The molecule has 1 atom stereocenters. The van der Waals surface area contributed by atoms with Gasteiger partial charge in [0, 0.05) is 24.9 Å². The Labute approximate surface area is 127 Å². The molecule has 0 aromatic carbocycles. The van der Waals surface area contributed by atoms with E-state index in [9.17, 15) is 9.59 Å². The van der Waals surface area contributed by atoms with Crippen molar-refractivity contribution in [3.05, 3.63) is 0 Å². The summed E-state index contributed by atoms with van der Waals surface area (Å²) >= 11 is 0. The van der Waals surface area contributed by atoms with Crippen molar-refractivity contribution in [3.8, 4) is 0 Å². The SMILES string of the molecule is CC(C)CC1(C(=O)N2CCC(CCC(=O)O)C2)CCCC1. The average Bonchev–Trinajstić information content (AvgIpc) is 3.04. The number of likely N-dealkylation sites (tertiary alicyclic amines) is 1. The Morgan fingerprint density at radius 1 is 1.29 bits per heavy atom. The zero-order chi connectivity index (χ0) is 15.5. The number of aliphatic carboxylic acids is 1. The quantitative estimate of drug-likeness (QED) is 0.818. The van der Waals surface area contributed by atoms with Crippen LogP contribution in [0.2, 0.25) is 0 Å². The molecular weight excluding hydrogens is 266 g/mol. The molecule has 1 N–H and O–H groups in total. The Hall–Kier alpha value is -1.06. The molecule has 0 bridgehead atoms. The van der Waals surface area contributed by atoms with Gasteiger partial charge in [0.1, 0.15) is 0 Å². The van der Waals surface area contributed by atoms with E-state index in [0.29, 0.717) is 24.2 Å². The number of nitrogens with zero attached hydrogens (tertiary/aromatic N) is 1. The third-order valence-electron chi connectivity index (χ3n) is 5.15. The fourth-order valence-corrected chi connectivity index (χ4v) is 4.25. The number of carbonyl (C=O) groups is 2. The lowest BCUT2D eigenvalue weighted by atomic mass is 9.77. The molecular formula is C17H29NO3. The van der Waals surface area contributed by atoms with Crippen molar-refractivity contribution in [2.24, 2.45) is 17.3 Å². The zero-order valence-electron chi connectivity index (χ0n) is 13.4. The topological polar surface area (TPSA) is 57.6 Å². The molecule has 0 aromatic rings. The van der Waals surface area contributed by atoms with Gasteiger partial charge in [-0.3, -0.25) is 9.59 Å². The average molecular weight is 295 g/mol. The molecule has 4 nitrogen and oxygen atoms in total. The van der Waals surface area contributed by atoms with E-state index in [-0.39, 0.29) is 11.8 Å². The summed E-state index contributed by atoms with van der Waals surface area (Å²) in [6.45, 7) is 5.99. The molecule has 1 aliphatic carbocycles. The number of carboxylic acid groups (broad SMARTS) is 1. The first-order valence-electron chi connectivity index (χ1n) is 8.44. The first kappa shape index (κ1) is 16.3. The second kappa shape index (κ2) is 6.80. The summed E-state index contributed by atoms with van der Waals surface area (Å²) in [6.07, 6.45) is 7.34. The molecule has 1 heterocycles. The molecule has 120 valence electrons. The van der Waals surface area contributed by atoms with Crippen molar-refractivity contribution < 1.29 is 14.7 Å². The molecule has 21 heavy (non-hydrogen) atoms. The molecule has 2 fully saturated rings. The highest BCUT2D eigenvalue weighted by molar-refractivity contribution is 5.83. The Kier molecular flexibility index (Phi) is 5.28. The zero-order valence-corrected chi connectivity index (χ0v) is 13.4. The maximum atomic E-state index is 13.0. The van der Waals surface area contributed by atoms with Gasteiger partial charge in [-0.25, -0.2) is 0 Å². The van der Waals surface area contributed by atoms with E-state index in [4.69, 9.17) is 5.11 Å². The minimum absolute atomic E-state index is 0.115. The van der Waals surface area contributed by atoms with E-state index >= 15 is 0 Å². The van der Waals surface area contributed by atoms with Crippen molar-refractivity contribution in [1.29, 1.82) is 0 Å². The molecule has 2 aliphatic rings. The summed E-state index contributed by atoms with van der Waals surface area (Å²) in [5, 5.41) is 8.78. The Morgan fingerprint density at radius 3 is 2.52 bits per heavy atom. The third-order valence-corrected chi connectivity index (χ3v) is 5.15. The van der Waals surface area contributed by atoms with Crippen LogP contribution in [0.1, 0.15) is 65.2 Å². The third kappa shape index (κ3) is 3.98. The van der Waals surface area contributed by atoms with Crippen LogP contribution < -0.4 is 0 Å². The van der Waals surface area contributed by atoms with Crippen molar-refractivity contribution >= 4 is 11.9 Å². The van der Waals surface area contributed by atoms with Crippen LogP contribution in [0.15, 0.2) is 0 Å². The second-order valence-corrected chi connectivity index (χ2v) is 7.42. The maximum absolute atomic E-state index is 13.0. The standard InChI is InChI=1S/C17H29NO3/c1-13(2)11-17(8-3-4-9-17)16(21)18-10-7-14(12-18)5-6-15(19)20/h13-14H,3-12H2,1-2H3,(H,19,20). The first-order valence-corrected chi connectivity index (χ1v) is 8.44. The highest BCUT2D eigenvalue weighted by Crippen LogP contribution is 2.45. The lowest BCUT2D eigenvalue weighted by Gasteiger charge is -2.34. The molecule has 0 aromatic heterocycles. The summed E-state index contributed by atoms with van der Waals surface area (Å²) in [5.74, 6) is 0.554.